The Bertz CT molecular complexity index is 1800. The summed E-state index contributed by atoms with van der Waals surface area (Å²) in [6.07, 6.45) is 0.892. The molecule has 1 atom stereocenters. The molecule has 38 heavy (non-hydrogen) atoms. The largest absolute Gasteiger partial charge is 0.360 e. The maximum absolute atomic E-state index is 14.7. The molecule has 0 fully saturated rings. The van der Waals surface area contributed by atoms with Crippen molar-refractivity contribution in [2.45, 2.75) is 17.5 Å². The molecule has 0 aliphatic rings. The summed E-state index contributed by atoms with van der Waals surface area (Å²) in [5.41, 5.74) is -6.45. The lowest BCUT2D eigenvalue weighted by molar-refractivity contribution is -0.481. The molecule has 0 aliphatic carbocycles. The molecule has 0 spiro atoms. The van der Waals surface area contributed by atoms with E-state index in [4.69, 9.17) is 0 Å². The van der Waals surface area contributed by atoms with Gasteiger partial charge in [-0.05, 0) is 24.3 Å². The van der Waals surface area contributed by atoms with Crippen molar-refractivity contribution in [2.24, 2.45) is 0 Å². The second-order valence-electron chi connectivity index (χ2n) is 8.21. The molecular formula is C22H18FN7O8. The van der Waals surface area contributed by atoms with E-state index in [1.54, 1.807) is 6.07 Å². The highest BCUT2D eigenvalue weighted by Gasteiger charge is 2.65. The third-order valence-corrected chi connectivity index (χ3v) is 5.77. The molecule has 16 heteroatoms. The molecule has 0 saturated carbocycles. The fourth-order valence-electron chi connectivity index (χ4n) is 3.91. The Hall–Kier alpha value is -4.58. The van der Waals surface area contributed by atoms with Crippen molar-refractivity contribution >= 4 is 27.9 Å². The summed E-state index contributed by atoms with van der Waals surface area (Å²) in [4.78, 5) is 41.6. The van der Waals surface area contributed by atoms with Crippen molar-refractivity contribution in [3.8, 4) is 5.69 Å². The molecule has 0 aliphatic heterocycles. The Morgan fingerprint density at radius 1 is 0.895 bits per heavy atom. The standard InChI is InChI=1S/C22H18FN7O8/c23-11-7-4-8-12-13(11)17(31)30(10-5-2-1-3-6-10)18(26-12)20(33,21(34,35)22(36,37)38)29-16-14-15(24-9-25-16)28-19(32)27-14/h1-9,33-38H,(H3,24,25,27,28,29,32). The number of fused-ring (bicyclic) bond motifs is 2. The van der Waals surface area contributed by atoms with Crippen molar-refractivity contribution in [3.63, 3.8) is 0 Å². The van der Waals surface area contributed by atoms with Crippen LogP contribution in [0.5, 0.6) is 0 Å². The molecule has 9 N–H and O–H groups in total. The van der Waals surface area contributed by atoms with Crippen LogP contribution in [0.2, 0.25) is 0 Å². The molecule has 3 aromatic heterocycles. The van der Waals surface area contributed by atoms with Gasteiger partial charge in [-0.25, -0.2) is 24.1 Å². The van der Waals surface area contributed by atoms with E-state index in [0.717, 1.165) is 12.4 Å². The number of halogens is 1. The minimum atomic E-state index is -4.47. The van der Waals surface area contributed by atoms with Gasteiger partial charge >= 0.3 is 17.5 Å². The highest BCUT2D eigenvalue weighted by atomic mass is 19.1. The van der Waals surface area contributed by atoms with E-state index in [0.29, 0.717) is 4.57 Å². The van der Waals surface area contributed by atoms with E-state index in [1.807, 2.05) is 0 Å². The van der Waals surface area contributed by atoms with Crippen molar-refractivity contribution in [1.82, 2.24) is 29.5 Å². The van der Waals surface area contributed by atoms with E-state index in [1.165, 1.54) is 36.4 Å². The molecule has 196 valence electrons. The quantitative estimate of drug-likeness (QED) is 0.109. The lowest BCUT2D eigenvalue weighted by Crippen LogP contribution is -2.70. The first-order valence-corrected chi connectivity index (χ1v) is 10.7. The van der Waals surface area contributed by atoms with Crippen molar-refractivity contribution < 1.29 is 35.0 Å². The molecule has 0 radical (unpaired) electrons. The smallest absolute Gasteiger partial charge is 0.338 e. The number of hydrogen-bond acceptors (Lipinski definition) is 12. The summed E-state index contributed by atoms with van der Waals surface area (Å²) < 4.78 is 15.3. The van der Waals surface area contributed by atoms with E-state index in [-0.39, 0.29) is 22.4 Å². The first kappa shape index (κ1) is 25.1. The van der Waals surface area contributed by atoms with Gasteiger partial charge < -0.3 is 40.9 Å². The minimum Gasteiger partial charge on any atom is -0.360 e. The molecule has 0 saturated heterocycles. The van der Waals surface area contributed by atoms with Crippen LogP contribution in [0.3, 0.4) is 0 Å². The zero-order chi connectivity index (χ0) is 27.5. The maximum atomic E-state index is 14.7. The lowest BCUT2D eigenvalue weighted by Gasteiger charge is -2.43. The van der Waals surface area contributed by atoms with Gasteiger partial charge in [-0.1, -0.05) is 24.3 Å². The Morgan fingerprint density at radius 3 is 2.29 bits per heavy atom. The Kier molecular flexibility index (Phi) is 5.60. The number of anilines is 1. The molecule has 3 heterocycles. The molecule has 5 rings (SSSR count). The topological polar surface area (TPSA) is 243 Å². The summed E-state index contributed by atoms with van der Waals surface area (Å²) in [7, 11) is 0. The van der Waals surface area contributed by atoms with Crippen LogP contribution in [-0.4, -0.2) is 71.9 Å². The zero-order valence-electron chi connectivity index (χ0n) is 18.9. The molecule has 1 unspecified atom stereocenters. The van der Waals surface area contributed by atoms with Crippen molar-refractivity contribution in [3.05, 3.63) is 87.3 Å². The summed E-state index contributed by atoms with van der Waals surface area (Å²) in [6, 6.07) is 10.5. The Balaban J connectivity index is 1.91. The van der Waals surface area contributed by atoms with Crippen LogP contribution in [0.1, 0.15) is 5.82 Å². The minimum absolute atomic E-state index is 0.0801. The third kappa shape index (κ3) is 3.72. The Morgan fingerprint density at radius 2 is 1.61 bits per heavy atom. The van der Waals surface area contributed by atoms with Gasteiger partial charge in [0.05, 0.1) is 11.2 Å². The second-order valence-corrected chi connectivity index (χ2v) is 8.21. The van der Waals surface area contributed by atoms with Gasteiger partial charge in [0.25, 0.3) is 11.3 Å². The van der Waals surface area contributed by atoms with Gasteiger partial charge in [-0.15, -0.1) is 0 Å². The van der Waals surface area contributed by atoms with E-state index in [9.17, 15) is 44.6 Å². The number of aromatic nitrogens is 6. The summed E-state index contributed by atoms with van der Waals surface area (Å²) in [6.45, 7) is 0. The van der Waals surface area contributed by atoms with Crippen LogP contribution in [0.4, 0.5) is 10.2 Å². The number of aliphatic hydroxyl groups is 6. The van der Waals surface area contributed by atoms with Crippen LogP contribution < -0.4 is 16.6 Å². The maximum Gasteiger partial charge on any atom is 0.338 e. The van der Waals surface area contributed by atoms with Crippen LogP contribution in [0.15, 0.2) is 64.4 Å². The van der Waals surface area contributed by atoms with Crippen LogP contribution >= 0.6 is 0 Å². The molecular weight excluding hydrogens is 509 g/mol. The van der Waals surface area contributed by atoms with Gasteiger partial charge in [-0.2, -0.15) is 0 Å². The number of H-pyrrole nitrogens is 2. The normalized spacial score (nSPS) is 14.1. The highest BCUT2D eigenvalue weighted by molar-refractivity contribution is 5.83. The fourth-order valence-corrected chi connectivity index (χ4v) is 3.91. The van der Waals surface area contributed by atoms with E-state index >= 15 is 0 Å². The molecule has 0 amide bonds. The number of nitrogens with zero attached hydrogens (tertiary/aromatic N) is 4. The predicted octanol–water partition coefficient (Wildman–Crippen LogP) is -1.95. The lowest BCUT2D eigenvalue weighted by atomic mass is 9.97. The monoisotopic (exact) mass is 527 g/mol. The molecule has 5 aromatic rings. The Labute approximate surface area is 208 Å². The number of benzene rings is 2. The number of rotatable bonds is 6. The molecule has 15 nitrogen and oxygen atoms in total. The third-order valence-electron chi connectivity index (χ3n) is 5.77. The highest BCUT2D eigenvalue weighted by Crippen LogP contribution is 2.38. The molecule has 2 aromatic carbocycles. The van der Waals surface area contributed by atoms with Crippen LogP contribution in [-0.2, 0) is 5.72 Å². The first-order valence-electron chi connectivity index (χ1n) is 10.7. The number of hydrogen-bond donors (Lipinski definition) is 9. The van der Waals surface area contributed by atoms with Gasteiger partial charge in [-0.3, -0.25) is 14.3 Å². The fraction of sp³-hybridized carbons (Fsp3) is 0.136. The van der Waals surface area contributed by atoms with Gasteiger partial charge in [0.15, 0.2) is 17.3 Å². The number of para-hydroxylation sites is 1. The number of aromatic amines is 2. The summed E-state index contributed by atoms with van der Waals surface area (Å²) in [5.74, 6) is -11.4. The second kappa shape index (κ2) is 8.48. The van der Waals surface area contributed by atoms with Gasteiger partial charge in [0, 0.05) is 0 Å². The average molecular weight is 527 g/mol. The SMILES string of the molecule is O=c1[nH]c2ncnc(NC(O)(c3nc4cccc(F)c4c(=O)n3-c3ccccc3)C(O)(O)C(O)(O)O)c2[nH]1. The predicted molar refractivity (Wildman–Crippen MR) is 126 cm³/mol. The van der Waals surface area contributed by atoms with Gasteiger partial charge in [0.2, 0.25) is 0 Å². The number of imidazole rings is 1. The van der Waals surface area contributed by atoms with E-state index < -0.39 is 51.6 Å². The zero-order valence-corrected chi connectivity index (χ0v) is 18.9. The van der Waals surface area contributed by atoms with Crippen molar-refractivity contribution in [1.29, 1.82) is 0 Å². The van der Waals surface area contributed by atoms with Gasteiger partial charge in [0.1, 0.15) is 23.0 Å². The average Bonchev–Trinajstić information content (AvgIpc) is 3.24. The van der Waals surface area contributed by atoms with Crippen LogP contribution in [0, 0.1) is 5.82 Å². The first-order chi connectivity index (χ1) is 17.8. The van der Waals surface area contributed by atoms with Crippen molar-refractivity contribution in [2.75, 3.05) is 5.32 Å². The van der Waals surface area contributed by atoms with Crippen LogP contribution in [0.25, 0.3) is 27.8 Å². The summed E-state index contributed by atoms with van der Waals surface area (Å²) in [5, 5.41) is 64.5. The van der Waals surface area contributed by atoms with E-state index in [2.05, 4.69) is 30.2 Å². The summed E-state index contributed by atoms with van der Waals surface area (Å²) >= 11 is 0. The number of nitrogens with one attached hydrogen (secondary N) is 3. The molecule has 0 bridgehead atoms.